The van der Waals surface area contributed by atoms with Gasteiger partial charge in [0.2, 0.25) is 0 Å². The van der Waals surface area contributed by atoms with E-state index < -0.39 is 23.1 Å². The van der Waals surface area contributed by atoms with Crippen LogP contribution in [0.4, 0.5) is 9.59 Å². The normalized spacial score (nSPS) is 26.7. The monoisotopic (exact) mass is 708 g/mol. The van der Waals surface area contributed by atoms with Gasteiger partial charge in [-0.1, -0.05) is 60.7 Å². The summed E-state index contributed by atoms with van der Waals surface area (Å²) in [7, 11) is 3.29. The van der Waals surface area contributed by atoms with E-state index in [2.05, 4.69) is 0 Å². The van der Waals surface area contributed by atoms with E-state index in [4.69, 9.17) is 28.4 Å². The number of ketones is 1. The van der Waals surface area contributed by atoms with E-state index in [0.717, 1.165) is 36.8 Å². The molecule has 11 nitrogen and oxygen atoms in total. The smallest absolute Gasteiger partial charge is 0.410 e. The molecule has 4 aliphatic heterocycles. The van der Waals surface area contributed by atoms with Crippen molar-refractivity contribution < 1.29 is 42.8 Å². The first-order chi connectivity index (χ1) is 24.1. The number of rotatable bonds is 8. The van der Waals surface area contributed by atoms with Crippen molar-refractivity contribution >= 4 is 18.0 Å². The van der Waals surface area contributed by atoms with Crippen molar-refractivity contribution in [3.8, 4) is 0 Å². The molecule has 280 valence electrons. The molecular formula is C40H56N2O9. The summed E-state index contributed by atoms with van der Waals surface area (Å²) in [6, 6.07) is 19.4. The topological polar surface area (TPSA) is 113 Å². The Morgan fingerprint density at radius 3 is 1.67 bits per heavy atom. The fourth-order valence-electron chi connectivity index (χ4n) is 7.76. The van der Waals surface area contributed by atoms with E-state index in [-0.39, 0.29) is 48.2 Å². The molecule has 11 heteroatoms. The second-order valence-corrected chi connectivity index (χ2v) is 15.9. The summed E-state index contributed by atoms with van der Waals surface area (Å²) in [4.78, 5) is 41.4. The fraction of sp³-hybridized carbons (Fsp3) is 0.625. The van der Waals surface area contributed by atoms with Gasteiger partial charge in [-0.25, -0.2) is 9.59 Å². The maximum absolute atomic E-state index is 12.8. The van der Waals surface area contributed by atoms with Gasteiger partial charge in [0, 0.05) is 39.1 Å². The van der Waals surface area contributed by atoms with Crippen LogP contribution in [-0.4, -0.2) is 95.4 Å². The largest absolute Gasteiger partial charge is 0.444 e. The van der Waals surface area contributed by atoms with Crippen molar-refractivity contribution in [2.75, 3.05) is 14.2 Å². The Morgan fingerprint density at radius 1 is 0.686 bits per heavy atom. The Morgan fingerprint density at radius 2 is 1.16 bits per heavy atom. The predicted molar refractivity (Wildman–Crippen MR) is 191 cm³/mol. The average Bonchev–Trinajstić information content (AvgIpc) is 3.59. The number of benzene rings is 2. The molecule has 0 aliphatic carbocycles. The highest BCUT2D eigenvalue weighted by Gasteiger charge is 2.59. The first-order valence-electron chi connectivity index (χ1n) is 18.1. The molecule has 2 aromatic rings. The molecule has 6 atom stereocenters. The number of ether oxygens (including phenoxy) is 6. The average molecular weight is 709 g/mol. The molecule has 2 aromatic carbocycles. The molecule has 0 N–H and O–H groups in total. The van der Waals surface area contributed by atoms with Gasteiger partial charge in [0.1, 0.15) is 23.4 Å². The Hall–Kier alpha value is -3.51. The summed E-state index contributed by atoms with van der Waals surface area (Å²) in [6.07, 6.45) is 2.71. The fourth-order valence-corrected chi connectivity index (χ4v) is 7.76. The Bertz CT molecular complexity index is 1470. The molecular weight excluding hydrogens is 652 g/mol. The van der Waals surface area contributed by atoms with Gasteiger partial charge in [-0.3, -0.25) is 14.6 Å². The van der Waals surface area contributed by atoms with E-state index in [1.807, 2.05) is 107 Å². The van der Waals surface area contributed by atoms with E-state index in [9.17, 15) is 14.4 Å². The number of piperidine rings is 2. The van der Waals surface area contributed by atoms with Crippen molar-refractivity contribution in [1.82, 2.24) is 9.80 Å². The van der Waals surface area contributed by atoms with E-state index >= 15 is 0 Å². The van der Waals surface area contributed by atoms with Crippen LogP contribution in [0.15, 0.2) is 60.7 Å². The number of carbonyl (C=O) groups is 3. The van der Waals surface area contributed by atoms with Gasteiger partial charge >= 0.3 is 12.2 Å². The molecule has 51 heavy (non-hydrogen) atoms. The molecule has 0 unspecified atom stereocenters. The highest BCUT2D eigenvalue weighted by Crippen LogP contribution is 2.45. The summed E-state index contributed by atoms with van der Waals surface area (Å²) in [5.74, 6) is -0.766. The van der Waals surface area contributed by atoms with Crippen LogP contribution in [0.25, 0.3) is 0 Å². The van der Waals surface area contributed by atoms with Crippen LogP contribution in [0.1, 0.15) is 91.2 Å². The number of carbonyl (C=O) groups excluding carboxylic acids is 3. The molecule has 0 spiro atoms. The molecule has 6 rings (SSSR count). The molecule has 0 aromatic heterocycles. The predicted octanol–water partition coefficient (Wildman–Crippen LogP) is 7.05. The van der Waals surface area contributed by atoms with Crippen LogP contribution in [0.3, 0.4) is 0 Å². The number of nitrogens with zero attached hydrogens (tertiary/aromatic N) is 2. The van der Waals surface area contributed by atoms with Gasteiger partial charge in [0.25, 0.3) is 0 Å². The summed E-state index contributed by atoms with van der Waals surface area (Å²) in [5.41, 5.74) is 1.02. The Kier molecular flexibility index (Phi) is 12.2. The van der Waals surface area contributed by atoms with Crippen molar-refractivity contribution in [1.29, 1.82) is 0 Å². The quantitative estimate of drug-likeness (QED) is 0.267. The first kappa shape index (κ1) is 38.7. The molecule has 4 bridgehead atoms. The van der Waals surface area contributed by atoms with E-state index in [1.54, 1.807) is 19.1 Å². The SMILES string of the molecule is CC(C)(C)OC(=O)N1[C@@H]2CC[C@H]1[C@@H](OCc1ccccc1)C(=O)C2.COC1(OC)C[C@H]2CC[C@@H]([C@H]1OCc1ccccc1)N2C(=O)OC(C)(C)C. The second kappa shape index (κ2) is 16.0. The maximum atomic E-state index is 12.8. The van der Waals surface area contributed by atoms with Gasteiger partial charge in [-0.15, -0.1) is 0 Å². The van der Waals surface area contributed by atoms with Gasteiger partial charge in [0.15, 0.2) is 11.6 Å². The van der Waals surface area contributed by atoms with Crippen molar-refractivity contribution in [3.63, 3.8) is 0 Å². The molecule has 4 aliphatic rings. The second-order valence-electron chi connectivity index (χ2n) is 15.9. The highest BCUT2D eigenvalue weighted by molar-refractivity contribution is 5.88. The van der Waals surface area contributed by atoms with Crippen LogP contribution < -0.4 is 0 Å². The summed E-state index contributed by atoms with van der Waals surface area (Å²) in [6.45, 7) is 12.0. The van der Waals surface area contributed by atoms with Crippen molar-refractivity contribution in [2.24, 2.45) is 0 Å². The van der Waals surface area contributed by atoms with E-state index in [1.165, 1.54) is 0 Å². The maximum Gasteiger partial charge on any atom is 0.410 e. The lowest BCUT2D eigenvalue weighted by molar-refractivity contribution is -0.301. The molecule has 0 saturated carbocycles. The zero-order valence-corrected chi connectivity index (χ0v) is 31.5. The van der Waals surface area contributed by atoms with Crippen LogP contribution in [-0.2, 0) is 46.4 Å². The van der Waals surface area contributed by atoms with Crippen LogP contribution in [0.5, 0.6) is 0 Å². The highest BCUT2D eigenvalue weighted by atomic mass is 16.7. The lowest BCUT2D eigenvalue weighted by Crippen LogP contribution is -2.65. The zero-order valence-electron chi connectivity index (χ0n) is 31.5. The number of Topliss-reactive ketones (excluding diaryl/α,β-unsaturated/α-hetero) is 1. The molecule has 4 fully saturated rings. The van der Waals surface area contributed by atoms with Gasteiger partial charge in [-0.2, -0.15) is 0 Å². The van der Waals surface area contributed by atoms with Crippen LogP contribution in [0.2, 0.25) is 0 Å². The number of amides is 2. The molecule has 0 radical (unpaired) electrons. The third-order valence-corrected chi connectivity index (χ3v) is 9.94. The minimum absolute atomic E-state index is 0.0290. The summed E-state index contributed by atoms with van der Waals surface area (Å²) < 4.78 is 35.0. The minimum atomic E-state index is -0.862. The van der Waals surface area contributed by atoms with E-state index in [0.29, 0.717) is 26.1 Å². The molecule has 4 heterocycles. The number of methoxy groups -OCH3 is 2. The lowest BCUT2D eigenvalue weighted by atomic mass is 9.92. The third-order valence-electron chi connectivity index (χ3n) is 9.94. The first-order valence-corrected chi connectivity index (χ1v) is 18.1. The molecule has 4 saturated heterocycles. The van der Waals surface area contributed by atoms with Gasteiger partial charge in [-0.05, 0) is 78.4 Å². The molecule has 2 amide bonds. The number of fused-ring (bicyclic) bond motifs is 4. The summed E-state index contributed by atoms with van der Waals surface area (Å²) >= 11 is 0. The lowest BCUT2D eigenvalue weighted by Gasteiger charge is -2.49. The Balaban J connectivity index is 0.000000199. The van der Waals surface area contributed by atoms with Crippen molar-refractivity contribution in [3.05, 3.63) is 71.8 Å². The van der Waals surface area contributed by atoms with Crippen molar-refractivity contribution in [2.45, 2.75) is 147 Å². The number of hydrogen-bond acceptors (Lipinski definition) is 9. The Labute approximate surface area is 302 Å². The number of hydrogen-bond donors (Lipinski definition) is 0. The standard InChI is InChI=1S/C21H31NO5.C19H25NO4/c1-20(2,3)27-19(23)22-16-11-12-17(22)18(21(13-16,24-4)25-5)26-14-15-9-7-6-8-10-15;1-19(2,3)24-18(22)20-14-9-10-15(20)17(16(21)11-14)23-12-13-7-5-4-6-8-13/h6-10,16-18H,11-14H2,1-5H3;4-8,14-15,17H,9-12H2,1-3H3/t16-,17+,18-;14-,15+,17-/m11/s1. The summed E-state index contributed by atoms with van der Waals surface area (Å²) in [5, 5.41) is 0. The van der Waals surface area contributed by atoms with Gasteiger partial charge in [0.05, 0.1) is 25.3 Å². The third kappa shape index (κ3) is 9.30. The van der Waals surface area contributed by atoms with Crippen LogP contribution in [0, 0.1) is 0 Å². The van der Waals surface area contributed by atoms with Crippen LogP contribution >= 0.6 is 0 Å². The minimum Gasteiger partial charge on any atom is -0.444 e. The zero-order chi connectivity index (χ0) is 37.0. The van der Waals surface area contributed by atoms with Gasteiger partial charge < -0.3 is 28.4 Å².